The maximum Gasteiger partial charge on any atom is 0.321 e. The summed E-state index contributed by atoms with van der Waals surface area (Å²) in [6.07, 6.45) is 5.48. The number of carbonyl (C=O) groups excluding carboxylic acids is 2. The van der Waals surface area contributed by atoms with Gasteiger partial charge in [0, 0.05) is 26.3 Å². The summed E-state index contributed by atoms with van der Waals surface area (Å²) in [6.45, 7) is 0.437. The fourth-order valence-corrected chi connectivity index (χ4v) is 3.15. The maximum absolute atomic E-state index is 11.9. The van der Waals surface area contributed by atoms with Crippen LogP contribution in [-0.2, 0) is 31.4 Å². The smallest absolute Gasteiger partial charge is 0.321 e. The van der Waals surface area contributed by atoms with E-state index in [-0.39, 0.29) is 17.4 Å². The lowest BCUT2D eigenvalue weighted by Gasteiger charge is -2.26. The highest BCUT2D eigenvalue weighted by molar-refractivity contribution is 7.89. The van der Waals surface area contributed by atoms with Gasteiger partial charge in [0.2, 0.25) is 10.0 Å². The number of piperidine rings is 1. The quantitative estimate of drug-likeness (QED) is 0.680. The zero-order valence-corrected chi connectivity index (χ0v) is 13.7. The van der Waals surface area contributed by atoms with Crippen molar-refractivity contribution in [3.05, 3.63) is 12.4 Å². The number of esters is 1. The molecule has 0 unspecified atom stereocenters. The fourth-order valence-electron chi connectivity index (χ4n) is 2.20. The molecule has 9 nitrogen and oxygen atoms in total. The van der Waals surface area contributed by atoms with E-state index in [0.29, 0.717) is 13.1 Å². The number of likely N-dealkylation sites (tertiary alicyclic amines) is 1. The van der Waals surface area contributed by atoms with Crippen LogP contribution in [0.25, 0.3) is 0 Å². The molecule has 1 saturated heterocycles. The van der Waals surface area contributed by atoms with Crippen LogP contribution in [0, 0.1) is 0 Å². The first-order valence-corrected chi connectivity index (χ1v) is 8.78. The van der Waals surface area contributed by atoms with Gasteiger partial charge in [-0.05, 0) is 19.3 Å². The molecule has 0 aliphatic carbocycles. The average Bonchev–Trinajstić information content (AvgIpc) is 2.99. The Morgan fingerprint density at radius 2 is 2.00 bits per heavy atom. The van der Waals surface area contributed by atoms with E-state index in [1.165, 1.54) is 17.1 Å². The van der Waals surface area contributed by atoms with Crippen molar-refractivity contribution >= 4 is 21.9 Å². The van der Waals surface area contributed by atoms with Gasteiger partial charge in [-0.2, -0.15) is 9.82 Å². The van der Waals surface area contributed by atoms with Gasteiger partial charge in [0.05, 0.1) is 6.20 Å². The lowest BCUT2D eigenvalue weighted by molar-refractivity contribution is -0.151. The number of carbonyl (C=O) groups is 2. The van der Waals surface area contributed by atoms with Gasteiger partial charge < -0.3 is 9.64 Å². The van der Waals surface area contributed by atoms with E-state index in [0.717, 1.165) is 19.3 Å². The number of sulfonamides is 1. The Bertz CT molecular complexity index is 664. The molecule has 1 aliphatic heterocycles. The highest BCUT2D eigenvalue weighted by Crippen LogP contribution is 2.09. The topological polar surface area (TPSA) is 111 Å². The van der Waals surface area contributed by atoms with Gasteiger partial charge in [-0.15, -0.1) is 0 Å². The molecule has 1 aromatic heterocycles. The van der Waals surface area contributed by atoms with Crippen molar-refractivity contribution in [1.29, 1.82) is 0 Å². The first-order chi connectivity index (χ1) is 10.9. The van der Waals surface area contributed by atoms with Crippen LogP contribution in [-0.4, -0.2) is 61.2 Å². The summed E-state index contributed by atoms with van der Waals surface area (Å²) < 4.78 is 32.0. The minimum Gasteiger partial charge on any atom is -0.455 e. The van der Waals surface area contributed by atoms with Gasteiger partial charge in [0.15, 0.2) is 6.61 Å². The first-order valence-electron chi connectivity index (χ1n) is 7.30. The number of rotatable bonds is 6. The number of aromatic nitrogens is 2. The van der Waals surface area contributed by atoms with Crippen LogP contribution >= 0.6 is 0 Å². The highest BCUT2D eigenvalue weighted by atomic mass is 32.2. The molecule has 1 fully saturated rings. The normalized spacial score (nSPS) is 15.4. The third-order valence-electron chi connectivity index (χ3n) is 3.46. The second-order valence-corrected chi connectivity index (χ2v) is 7.04. The van der Waals surface area contributed by atoms with Crippen molar-refractivity contribution in [2.24, 2.45) is 7.05 Å². The molecule has 1 amide bonds. The van der Waals surface area contributed by atoms with Crippen molar-refractivity contribution in [2.45, 2.75) is 24.2 Å². The minimum absolute atomic E-state index is 0.0443. The van der Waals surface area contributed by atoms with Gasteiger partial charge in [-0.25, -0.2) is 8.42 Å². The van der Waals surface area contributed by atoms with Crippen molar-refractivity contribution in [3.8, 4) is 0 Å². The number of ether oxygens (including phenoxy) is 1. The van der Waals surface area contributed by atoms with E-state index < -0.39 is 22.5 Å². The fraction of sp³-hybridized carbons (Fsp3) is 0.615. The van der Waals surface area contributed by atoms with Crippen molar-refractivity contribution in [2.75, 3.05) is 26.2 Å². The van der Waals surface area contributed by atoms with Gasteiger partial charge in [-0.1, -0.05) is 0 Å². The van der Waals surface area contributed by atoms with Crippen LogP contribution in [0.2, 0.25) is 0 Å². The molecule has 1 N–H and O–H groups in total. The van der Waals surface area contributed by atoms with Crippen LogP contribution in [0.4, 0.5) is 0 Å². The second-order valence-electron chi connectivity index (χ2n) is 5.28. The monoisotopic (exact) mass is 344 g/mol. The molecule has 2 rings (SSSR count). The summed E-state index contributed by atoms with van der Waals surface area (Å²) in [7, 11) is -2.24. The molecule has 0 atom stereocenters. The molecule has 1 aromatic rings. The van der Waals surface area contributed by atoms with Crippen molar-refractivity contribution < 1.29 is 22.7 Å². The average molecular weight is 344 g/mol. The third-order valence-corrected chi connectivity index (χ3v) is 4.82. The van der Waals surface area contributed by atoms with Gasteiger partial charge in [0.1, 0.15) is 11.4 Å². The number of hydrogen-bond donors (Lipinski definition) is 1. The van der Waals surface area contributed by atoms with Gasteiger partial charge >= 0.3 is 5.97 Å². The first kappa shape index (κ1) is 17.4. The SMILES string of the molecule is Cn1cc(S(=O)(=O)NCC(=O)OCC(=O)N2CCCCC2)cn1. The Kier molecular flexibility index (Phi) is 5.72. The molecule has 10 heteroatoms. The molecule has 0 bridgehead atoms. The summed E-state index contributed by atoms with van der Waals surface area (Å²) in [5.41, 5.74) is 0. The van der Waals surface area contributed by atoms with Crippen molar-refractivity contribution in [1.82, 2.24) is 19.4 Å². The van der Waals surface area contributed by atoms with Crippen LogP contribution in [0.3, 0.4) is 0 Å². The number of amides is 1. The van der Waals surface area contributed by atoms with E-state index in [9.17, 15) is 18.0 Å². The molecule has 128 valence electrons. The van der Waals surface area contributed by atoms with Crippen LogP contribution in [0.1, 0.15) is 19.3 Å². The van der Waals surface area contributed by atoms with Crippen LogP contribution in [0.15, 0.2) is 17.3 Å². The summed E-state index contributed by atoms with van der Waals surface area (Å²) in [5.74, 6) is -1.06. The molecule has 23 heavy (non-hydrogen) atoms. The molecular weight excluding hydrogens is 324 g/mol. The molecule has 2 heterocycles. The van der Waals surface area contributed by atoms with E-state index in [2.05, 4.69) is 9.82 Å². The Labute approximate surface area is 134 Å². The molecule has 0 spiro atoms. The van der Waals surface area contributed by atoms with E-state index >= 15 is 0 Å². The Morgan fingerprint density at radius 1 is 1.30 bits per heavy atom. The molecule has 0 radical (unpaired) electrons. The molecule has 0 aromatic carbocycles. The second kappa shape index (κ2) is 7.55. The van der Waals surface area contributed by atoms with Gasteiger partial charge in [-0.3, -0.25) is 14.3 Å². The highest BCUT2D eigenvalue weighted by Gasteiger charge is 2.20. The van der Waals surface area contributed by atoms with Crippen molar-refractivity contribution in [3.63, 3.8) is 0 Å². The largest absolute Gasteiger partial charge is 0.455 e. The summed E-state index contributed by atoms with van der Waals surface area (Å²) in [5, 5.41) is 3.75. The Morgan fingerprint density at radius 3 is 2.61 bits per heavy atom. The third kappa shape index (κ3) is 5.03. The molecular formula is C13H20N4O5S. The number of hydrogen-bond acceptors (Lipinski definition) is 6. The molecule has 0 saturated carbocycles. The zero-order chi connectivity index (χ0) is 16.9. The number of nitrogens with one attached hydrogen (secondary N) is 1. The number of aryl methyl sites for hydroxylation is 1. The van der Waals surface area contributed by atoms with Gasteiger partial charge in [0.25, 0.3) is 5.91 Å². The van der Waals surface area contributed by atoms with Crippen LogP contribution < -0.4 is 4.72 Å². The van der Waals surface area contributed by atoms with E-state index in [1.54, 1.807) is 11.9 Å². The summed E-state index contributed by atoms with van der Waals surface area (Å²) >= 11 is 0. The summed E-state index contributed by atoms with van der Waals surface area (Å²) in [4.78, 5) is 25.0. The lowest BCUT2D eigenvalue weighted by Crippen LogP contribution is -2.39. The number of nitrogens with zero attached hydrogens (tertiary/aromatic N) is 3. The Balaban J connectivity index is 1.75. The van der Waals surface area contributed by atoms with E-state index in [4.69, 9.17) is 4.74 Å². The minimum atomic E-state index is -3.82. The zero-order valence-electron chi connectivity index (χ0n) is 12.9. The Hall–Kier alpha value is -1.94. The maximum atomic E-state index is 11.9. The summed E-state index contributed by atoms with van der Waals surface area (Å²) in [6, 6.07) is 0. The van der Waals surface area contributed by atoms with E-state index in [1.807, 2.05) is 0 Å². The lowest BCUT2D eigenvalue weighted by atomic mass is 10.1. The predicted molar refractivity (Wildman–Crippen MR) is 79.8 cm³/mol. The van der Waals surface area contributed by atoms with Crippen LogP contribution in [0.5, 0.6) is 0 Å². The standard InChI is InChI=1S/C13H20N4O5S/c1-16-9-11(7-14-16)23(20,21)15-8-13(19)22-10-12(18)17-5-3-2-4-6-17/h7,9,15H,2-6,8,10H2,1H3. The molecule has 1 aliphatic rings. The predicted octanol–water partition coefficient (Wildman–Crippen LogP) is -0.746.